The van der Waals surface area contributed by atoms with Crippen LogP contribution in [0.4, 0.5) is 23.0 Å². The monoisotopic (exact) mass is 324 g/mol. The molecule has 22 heavy (non-hydrogen) atoms. The number of nitrogens with zero attached hydrogens (tertiary/aromatic N) is 4. The van der Waals surface area contributed by atoms with Gasteiger partial charge in [0.1, 0.15) is 0 Å². The molecule has 5 N–H and O–H groups in total. The van der Waals surface area contributed by atoms with E-state index in [4.69, 9.17) is 16.6 Å². The molecule has 0 aliphatic rings. The van der Waals surface area contributed by atoms with Crippen LogP contribution in [-0.2, 0) is 10.0 Å². The van der Waals surface area contributed by atoms with Gasteiger partial charge < -0.3 is 16.6 Å². The molecule has 1 aromatic carbocycles. The zero-order chi connectivity index (χ0) is 16.5. The molecule has 11 heteroatoms. The van der Waals surface area contributed by atoms with Gasteiger partial charge in [0.15, 0.2) is 17.3 Å². The summed E-state index contributed by atoms with van der Waals surface area (Å²) in [4.78, 5) is 10.7. The summed E-state index contributed by atoms with van der Waals surface area (Å²) in [6.45, 7) is 0. The number of carboxylic acids is 1. The zero-order valence-electron chi connectivity index (χ0n) is 11.3. The Labute approximate surface area is 125 Å². The summed E-state index contributed by atoms with van der Waals surface area (Å²) in [5.74, 6) is -1.51. The van der Waals surface area contributed by atoms with Crippen LogP contribution < -0.4 is 11.5 Å². The molecule has 116 valence electrons. The second-order valence-electron chi connectivity index (χ2n) is 4.28. The molecule has 0 aliphatic heterocycles. The fourth-order valence-corrected chi connectivity index (χ4v) is 2.23. The van der Waals surface area contributed by atoms with Crippen LogP contribution in [0.15, 0.2) is 34.5 Å². The van der Waals surface area contributed by atoms with Crippen LogP contribution in [0.1, 0.15) is 10.4 Å². The van der Waals surface area contributed by atoms with Crippen LogP contribution in [0.5, 0.6) is 0 Å². The number of benzene rings is 1. The third kappa shape index (κ3) is 3.03. The molecule has 1 heterocycles. The minimum absolute atomic E-state index is 0.0762. The Bertz CT molecular complexity index is 853. The molecule has 0 radical (unpaired) electrons. The standard InChI is InChI=1S/C11H12N6O4S/c1-22(20,21)17-10(13)8(9(12)16-17)15-14-7-4-2-6(3-5-7)11(18)19/h2-5H,13H2,1H3,(H2,12,16)(H,18,19). The van der Waals surface area contributed by atoms with Crippen LogP contribution in [0.3, 0.4) is 0 Å². The molecule has 0 amide bonds. The summed E-state index contributed by atoms with van der Waals surface area (Å²) in [5.41, 5.74) is 11.6. The van der Waals surface area contributed by atoms with Crippen molar-refractivity contribution < 1.29 is 18.3 Å². The highest BCUT2D eigenvalue weighted by Crippen LogP contribution is 2.31. The molecule has 10 nitrogen and oxygen atoms in total. The first-order valence-corrected chi connectivity index (χ1v) is 7.64. The van der Waals surface area contributed by atoms with E-state index in [-0.39, 0.29) is 22.9 Å². The average Bonchev–Trinajstić information content (AvgIpc) is 2.72. The fraction of sp³-hybridized carbons (Fsp3) is 0.0909. The topological polar surface area (TPSA) is 166 Å². The van der Waals surface area contributed by atoms with Crippen molar-refractivity contribution in [2.75, 3.05) is 17.7 Å². The number of aromatic carboxylic acids is 1. The maximum atomic E-state index is 11.4. The van der Waals surface area contributed by atoms with E-state index < -0.39 is 16.0 Å². The van der Waals surface area contributed by atoms with Gasteiger partial charge in [0.05, 0.1) is 17.5 Å². The highest BCUT2D eigenvalue weighted by atomic mass is 32.2. The minimum Gasteiger partial charge on any atom is -0.478 e. The van der Waals surface area contributed by atoms with Crippen molar-refractivity contribution in [3.8, 4) is 0 Å². The van der Waals surface area contributed by atoms with Gasteiger partial charge >= 0.3 is 5.97 Å². The Morgan fingerprint density at radius 2 is 1.82 bits per heavy atom. The van der Waals surface area contributed by atoms with Gasteiger partial charge in [-0.2, -0.15) is 5.11 Å². The molecule has 1 aromatic heterocycles. The van der Waals surface area contributed by atoms with Crippen molar-refractivity contribution in [3.63, 3.8) is 0 Å². The predicted molar refractivity (Wildman–Crippen MR) is 78.9 cm³/mol. The van der Waals surface area contributed by atoms with Crippen molar-refractivity contribution >= 4 is 39.0 Å². The summed E-state index contributed by atoms with van der Waals surface area (Å²) in [6.07, 6.45) is 0.918. The van der Waals surface area contributed by atoms with Gasteiger partial charge in [-0.1, -0.05) is 0 Å². The quantitative estimate of drug-likeness (QED) is 0.704. The van der Waals surface area contributed by atoms with E-state index >= 15 is 0 Å². The summed E-state index contributed by atoms with van der Waals surface area (Å²) in [6, 6.07) is 5.56. The lowest BCUT2D eigenvalue weighted by molar-refractivity contribution is 0.0697. The van der Waals surface area contributed by atoms with Crippen molar-refractivity contribution in [2.24, 2.45) is 10.2 Å². The maximum absolute atomic E-state index is 11.4. The number of anilines is 2. The Kier molecular flexibility index (Phi) is 3.82. The van der Waals surface area contributed by atoms with Gasteiger partial charge in [0.25, 0.3) is 10.0 Å². The van der Waals surface area contributed by atoms with Crippen LogP contribution in [0.25, 0.3) is 0 Å². The Hall–Kier alpha value is -2.95. The second-order valence-corrected chi connectivity index (χ2v) is 6.09. The van der Waals surface area contributed by atoms with E-state index in [9.17, 15) is 13.2 Å². The number of azo groups is 1. The number of carboxylic acid groups (broad SMARTS) is 1. The lowest BCUT2D eigenvalue weighted by atomic mass is 10.2. The van der Waals surface area contributed by atoms with Gasteiger partial charge in [0.2, 0.25) is 0 Å². The number of aromatic nitrogens is 2. The lowest BCUT2D eigenvalue weighted by Crippen LogP contribution is -2.14. The highest BCUT2D eigenvalue weighted by Gasteiger charge is 2.19. The molecule has 2 rings (SSSR count). The van der Waals surface area contributed by atoms with Crippen molar-refractivity contribution in [3.05, 3.63) is 29.8 Å². The SMILES string of the molecule is CS(=O)(=O)n1nc(N)c(N=Nc2ccc(C(=O)O)cc2)c1N. The van der Waals surface area contributed by atoms with Crippen LogP contribution in [0.2, 0.25) is 0 Å². The van der Waals surface area contributed by atoms with E-state index in [0.717, 1.165) is 6.26 Å². The third-order valence-electron chi connectivity index (χ3n) is 2.58. The number of rotatable bonds is 4. The average molecular weight is 324 g/mol. The predicted octanol–water partition coefficient (Wildman–Crippen LogP) is 0.969. The minimum atomic E-state index is -3.70. The Morgan fingerprint density at radius 3 is 2.27 bits per heavy atom. The molecule has 0 spiro atoms. The van der Waals surface area contributed by atoms with Crippen LogP contribution in [-0.4, -0.2) is 34.9 Å². The number of hydrogen-bond acceptors (Lipinski definition) is 8. The number of hydrogen-bond donors (Lipinski definition) is 3. The highest BCUT2D eigenvalue weighted by molar-refractivity contribution is 7.89. The van der Waals surface area contributed by atoms with E-state index in [1.165, 1.54) is 24.3 Å². The molecular weight excluding hydrogens is 312 g/mol. The number of nitrogen functional groups attached to an aromatic ring is 2. The van der Waals surface area contributed by atoms with Crippen LogP contribution >= 0.6 is 0 Å². The molecule has 0 fully saturated rings. The molecule has 2 aromatic rings. The fourth-order valence-electron chi connectivity index (χ4n) is 1.55. The first-order chi connectivity index (χ1) is 10.2. The van der Waals surface area contributed by atoms with Crippen LogP contribution in [0, 0.1) is 0 Å². The first kappa shape index (κ1) is 15.4. The maximum Gasteiger partial charge on any atom is 0.335 e. The lowest BCUT2D eigenvalue weighted by Gasteiger charge is -1.98. The summed E-state index contributed by atoms with van der Waals surface area (Å²) in [5, 5.41) is 19.9. The third-order valence-corrected chi connectivity index (χ3v) is 3.49. The number of nitrogens with two attached hydrogens (primary N) is 2. The molecule has 0 bridgehead atoms. The molecule has 0 unspecified atom stereocenters. The molecule has 0 saturated heterocycles. The Balaban J connectivity index is 2.35. The van der Waals surface area contributed by atoms with Gasteiger partial charge in [-0.25, -0.2) is 13.2 Å². The first-order valence-electron chi connectivity index (χ1n) is 5.80. The smallest absolute Gasteiger partial charge is 0.335 e. The summed E-state index contributed by atoms with van der Waals surface area (Å²) in [7, 11) is -3.70. The number of carbonyl (C=O) groups is 1. The molecule has 0 saturated carbocycles. The normalized spacial score (nSPS) is 11.9. The molecule has 0 aliphatic carbocycles. The Morgan fingerprint density at radius 1 is 1.23 bits per heavy atom. The largest absolute Gasteiger partial charge is 0.478 e. The molecular formula is C11H12N6O4S. The zero-order valence-corrected chi connectivity index (χ0v) is 12.1. The van der Waals surface area contributed by atoms with E-state index in [1.807, 2.05) is 0 Å². The molecule has 0 atom stereocenters. The van der Waals surface area contributed by atoms with Crippen molar-refractivity contribution in [1.29, 1.82) is 0 Å². The van der Waals surface area contributed by atoms with E-state index in [2.05, 4.69) is 15.3 Å². The van der Waals surface area contributed by atoms with Gasteiger partial charge in [0, 0.05) is 0 Å². The van der Waals surface area contributed by atoms with Crippen molar-refractivity contribution in [2.45, 2.75) is 0 Å². The second kappa shape index (κ2) is 5.44. The summed E-state index contributed by atoms with van der Waals surface area (Å²) < 4.78 is 23.4. The van der Waals surface area contributed by atoms with Gasteiger partial charge in [-0.3, -0.25) is 0 Å². The van der Waals surface area contributed by atoms with Crippen molar-refractivity contribution in [1.82, 2.24) is 9.19 Å². The summed E-state index contributed by atoms with van der Waals surface area (Å²) >= 11 is 0. The van der Waals surface area contributed by atoms with E-state index in [1.54, 1.807) is 0 Å². The van der Waals surface area contributed by atoms with Gasteiger partial charge in [-0.15, -0.1) is 14.3 Å². The van der Waals surface area contributed by atoms with E-state index in [0.29, 0.717) is 9.77 Å². The van der Waals surface area contributed by atoms with Gasteiger partial charge in [-0.05, 0) is 24.3 Å².